The summed E-state index contributed by atoms with van der Waals surface area (Å²) in [7, 11) is 0. The van der Waals surface area contributed by atoms with Crippen molar-refractivity contribution in [2.75, 3.05) is 6.61 Å². The summed E-state index contributed by atoms with van der Waals surface area (Å²) in [5.74, 6) is -0.263. The predicted molar refractivity (Wildman–Crippen MR) is 144 cm³/mol. The molecule has 5 heteroatoms. The van der Waals surface area contributed by atoms with Crippen LogP contribution in [0.15, 0.2) is 78.9 Å². The van der Waals surface area contributed by atoms with Gasteiger partial charge in [0.1, 0.15) is 5.75 Å². The summed E-state index contributed by atoms with van der Waals surface area (Å²) in [5.41, 5.74) is 6.36. The molecular weight excluding hydrogens is 472 g/mol. The number of rotatable bonds is 8. The first kappa shape index (κ1) is 26.0. The van der Waals surface area contributed by atoms with Crippen molar-refractivity contribution >= 4 is 17.6 Å². The molecule has 3 aromatic carbocycles. The molecular formula is C31H33ClO4. The molecule has 1 fully saturated rings. The van der Waals surface area contributed by atoms with E-state index < -0.39 is 12.6 Å². The summed E-state index contributed by atoms with van der Waals surface area (Å²) in [6.07, 6.45) is 1.21. The van der Waals surface area contributed by atoms with Crippen molar-refractivity contribution in [2.45, 2.75) is 51.7 Å². The molecule has 0 aliphatic carbocycles. The highest BCUT2D eigenvalue weighted by Crippen LogP contribution is 2.49. The number of ether oxygens (including phenoxy) is 2. The summed E-state index contributed by atoms with van der Waals surface area (Å²) in [4.78, 5) is 11.3. The zero-order chi connectivity index (χ0) is 25.8. The Balaban J connectivity index is 1.78. The van der Waals surface area contributed by atoms with Crippen LogP contribution >= 0.6 is 11.6 Å². The first-order valence-corrected chi connectivity index (χ1v) is 12.7. The fourth-order valence-electron chi connectivity index (χ4n) is 5.32. The topological polar surface area (TPSA) is 55.8 Å². The number of aliphatic carboxylic acids is 1. The maximum Gasteiger partial charge on any atom is 0.341 e. The minimum absolute atomic E-state index is 0.0336. The average Bonchev–Trinajstić information content (AvgIpc) is 2.83. The van der Waals surface area contributed by atoms with E-state index in [-0.39, 0.29) is 24.0 Å². The van der Waals surface area contributed by atoms with Gasteiger partial charge in [-0.05, 0) is 74.1 Å². The minimum atomic E-state index is -1.01. The van der Waals surface area contributed by atoms with Crippen LogP contribution < -0.4 is 4.74 Å². The van der Waals surface area contributed by atoms with E-state index in [1.807, 2.05) is 57.2 Å². The number of carboxylic acid groups (broad SMARTS) is 1. The van der Waals surface area contributed by atoms with Crippen molar-refractivity contribution in [3.8, 4) is 5.75 Å². The predicted octanol–water partition coefficient (Wildman–Crippen LogP) is 7.47. The van der Waals surface area contributed by atoms with Crippen LogP contribution in [0.3, 0.4) is 0 Å². The average molecular weight is 505 g/mol. The van der Waals surface area contributed by atoms with Crippen molar-refractivity contribution in [3.05, 3.63) is 112 Å². The van der Waals surface area contributed by atoms with E-state index in [4.69, 9.17) is 21.1 Å². The lowest BCUT2D eigenvalue weighted by atomic mass is 9.73. The number of benzene rings is 3. The first-order chi connectivity index (χ1) is 17.2. The number of halogens is 1. The highest BCUT2D eigenvalue weighted by molar-refractivity contribution is 6.30. The zero-order valence-electron chi connectivity index (χ0n) is 21.0. The maximum absolute atomic E-state index is 11.3. The van der Waals surface area contributed by atoms with Gasteiger partial charge in [0.05, 0.1) is 12.2 Å². The highest BCUT2D eigenvalue weighted by atomic mass is 35.5. The van der Waals surface area contributed by atoms with Crippen molar-refractivity contribution in [1.82, 2.24) is 0 Å². The van der Waals surface area contributed by atoms with Crippen molar-refractivity contribution in [1.29, 1.82) is 0 Å². The van der Waals surface area contributed by atoms with Gasteiger partial charge < -0.3 is 14.6 Å². The van der Waals surface area contributed by atoms with Crippen molar-refractivity contribution in [2.24, 2.45) is 5.92 Å². The van der Waals surface area contributed by atoms with E-state index in [0.717, 1.165) is 35.1 Å². The molecule has 0 saturated carbocycles. The van der Waals surface area contributed by atoms with E-state index >= 15 is 0 Å². The third kappa shape index (κ3) is 6.00. The molecule has 1 aliphatic heterocycles. The van der Waals surface area contributed by atoms with Crippen LogP contribution in [-0.2, 0) is 16.0 Å². The van der Waals surface area contributed by atoms with Crippen LogP contribution in [0.25, 0.3) is 0 Å². The second kappa shape index (κ2) is 11.3. The molecule has 4 rings (SSSR count). The Bertz CT molecular complexity index is 1220. The summed E-state index contributed by atoms with van der Waals surface area (Å²) in [5, 5.41) is 9.97. The summed E-state index contributed by atoms with van der Waals surface area (Å²) in [6, 6.07) is 22.4. The van der Waals surface area contributed by atoms with E-state index in [1.165, 1.54) is 11.1 Å². The Morgan fingerprint density at radius 1 is 1.11 bits per heavy atom. The van der Waals surface area contributed by atoms with Gasteiger partial charge >= 0.3 is 5.97 Å². The monoisotopic (exact) mass is 504 g/mol. The molecule has 1 aliphatic rings. The van der Waals surface area contributed by atoms with Crippen LogP contribution in [0.1, 0.15) is 53.2 Å². The molecule has 3 aromatic rings. The van der Waals surface area contributed by atoms with Crippen LogP contribution in [-0.4, -0.2) is 23.8 Å². The molecule has 0 radical (unpaired) electrons. The third-order valence-corrected chi connectivity index (χ3v) is 7.24. The quantitative estimate of drug-likeness (QED) is 0.323. The van der Waals surface area contributed by atoms with Gasteiger partial charge in [-0.15, -0.1) is 0 Å². The Labute approximate surface area is 218 Å². The highest BCUT2D eigenvalue weighted by Gasteiger charge is 2.41. The van der Waals surface area contributed by atoms with Crippen molar-refractivity contribution in [3.63, 3.8) is 0 Å². The molecule has 1 heterocycles. The third-order valence-electron chi connectivity index (χ3n) is 6.98. The fourth-order valence-corrected chi connectivity index (χ4v) is 5.44. The van der Waals surface area contributed by atoms with E-state index in [0.29, 0.717) is 10.8 Å². The van der Waals surface area contributed by atoms with Crippen molar-refractivity contribution < 1.29 is 19.4 Å². The number of carbonyl (C=O) groups is 1. The molecule has 4 nitrogen and oxygen atoms in total. The van der Waals surface area contributed by atoms with E-state index in [9.17, 15) is 9.90 Å². The van der Waals surface area contributed by atoms with Gasteiger partial charge in [0.2, 0.25) is 0 Å². The fraction of sp³-hybridized carbons (Fsp3) is 0.323. The molecule has 4 atom stereocenters. The van der Waals surface area contributed by atoms with Crippen LogP contribution in [0.4, 0.5) is 0 Å². The molecule has 36 heavy (non-hydrogen) atoms. The summed E-state index contributed by atoms with van der Waals surface area (Å²) >= 11 is 6.20. The maximum atomic E-state index is 11.3. The normalized spacial score (nSPS) is 21.7. The largest absolute Gasteiger partial charge is 0.482 e. The Morgan fingerprint density at radius 3 is 2.44 bits per heavy atom. The molecule has 1 saturated heterocycles. The SMILES string of the molecule is C=C(C)[C@@H]1C[C@@H](c2ccc(Cl)cc2)[C@@H](Cc2ccccc2)O[C@H]1c1c(C)cc(C)cc1OCC(=O)O. The van der Waals surface area contributed by atoms with E-state index in [1.54, 1.807) is 0 Å². The van der Waals surface area contributed by atoms with Crippen LogP contribution in [0, 0.1) is 19.8 Å². The van der Waals surface area contributed by atoms with Gasteiger partial charge in [-0.1, -0.05) is 72.3 Å². The Hall–Kier alpha value is -3.08. The lowest BCUT2D eigenvalue weighted by molar-refractivity contribution is -0.139. The van der Waals surface area contributed by atoms with Gasteiger partial charge in [-0.25, -0.2) is 4.79 Å². The number of carboxylic acids is 1. The van der Waals surface area contributed by atoms with Gasteiger partial charge in [0.25, 0.3) is 0 Å². The number of hydrogen-bond donors (Lipinski definition) is 1. The first-order valence-electron chi connectivity index (χ1n) is 12.3. The lowest BCUT2D eigenvalue weighted by Crippen LogP contribution is -2.38. The summed E-state index contributed by atoms with van der Waals surface area (Å²) in [6.45, 7) is 9.98. The molecule has 1 N–H and O–H groups in total. The van der Waals surface area contributed by atoms with Gasteiger partial charge in [-0.3, -0.25) is 0 Å². The molecule has 0 amide bonds. The molecule has 0 bridgehead atoms. The molecule has 188 valence electrons. The number of hydrogen-bond acceptors (Lipinski definition) is 3. The second-order valence-corrected chi connectivity index (χ2v) is 10.2. The summed E-state index contributed by atoms with van der Waals surface area (Å²) < 4.78 is 12.8. The lowest BCUT2D eigenvalue weighted by Gasteiger charge is -2.43. The molecule has 0 spiro atoms. The van der Waals surface area contributed by atoms with Gasteiger partial charge in [-0.2, -0.15) is 0 Å². The molecule has 0 aromatic heterocycles. The Morgan fingerprint density at radius 2 is 1.81 bits per heavy atom. The molecule has 0 unspecified atom stereocenters. The van der Waals surface area contributed by atoms with Gasteiger partial charge in [0, 0.05) is 22.4 Å². The number of aryl methyl sites for hydroxylation is 2. The smallest absolute Gasteiger partial charge is 0.341 e. The zero-order valence-corrected chi connectivity index (χ0v) is 21.8. The van der Waals surface area contributed by atoms with Crippen LogP contribution in [0.5, 0.6) is 5.75 Å². The standard InChI is InChI=1S/C31H33ClO4/c1-19(2)25-17-26(23-10-12-24(32)13-11-23)27(16-22-8-6-5-7-9-22)36-31(25)30-21(4)14-20(3)15-28(30)35-18-29(33)34/h5-15,25-27,31H,1,16-18H2,2-4H3,(H,33,34)/t25-,26-,27+,31+/m0/s1. The Kier molecular flexibility index (Phi) is 8.17. The minimum Gasteiger partial charge on any atom is -0.482 e. The van der Waals surface area contributed by atoms with E-state index in [2.05, 4.69) is 36.9 Å². The second-order valence-electron chi connectivity index (χ2n) is 9.81. The van der Waals surface area contributed by atoms with Crippen LogP contribution in [0.2, 0.25) is 5.02 Å². The van der Waals surface area contributed by atoms with Gasteiger partial charge in [0.15, 0.2) is 6.61 Å².